The quantitative estimate of drug-likeness (QED) is 0.264. The minimum atomic E-state index is 0. The molecule has 0 atom stereocenters. The maximum Gasteiger partial charge on any atom is -0.0293 e. The smallest absolute Gasteiger partial charge is 0.0293 e. The van der Waals surface area contributed by atoms with Gasteiger partial charge in [-0.25, -0.2) is 0 Å². The van der Waals surface area contributed by atoms with Crippen molar-refractivity contribution in [3.63, 3.8) is 0 Å². The van der Waals surface area contributed by atoms with Gasteiger partial charge in [0, 0.05) is 0 Å². The summed E-state index contributed by atoms with van der Waals surface area (Å²) in [5.41, 5.74) is 0. The van der Waals surface area contributed by atoms with Crippen molar-refractivity contribution in [3.8, 4) is 0 Å². The standard InChI is InChI=1S/C6H12.C6H10.3C5H10.5CH4/c2*1-3-5-6-4-2;1-4-5(2)3;2*1-3-5-4-2;;;;;/h5-6H,3-4H2,1-2H3;3,5-6H,1,4H2,2H3;4-5H,1H2,2-3H3;2*3,5H,4H2,1-2H3;5*1H4/b2*6-5+;;2*5-3+;;;;;. The van der Waals surface area contributed by atoms with Crippen LogP contribution in [-0.4, -0.2) is 0 Å². The molecule has 0 heteroatoms. The Bertz CT molecular complexity index is 306. The van der Waals surface area contributed by atoms with Crippen LogP contribution in [0, 0.1) is 5.92 Å². The lowest BCUT2D eigenvalue weighted by Gasteiger charge is -1.84. The molecule has 32 heavy (non-hydrogen) atoms. The van der Waals surface area contributed by atoms with Crippen LogP contribution in [-0.2, 0) is 0 Å². The summed E-state index contributed by atoms with van der Waals surface area (Å²) in [6, 6.07) is 0. The molecule has 0 amide bonds. The Morgan fingerprint density at radius 3 is 0.844 bits per heavy atom. The van der Waals surface area contributed by atoms with Gasteiger partial charge in [0.1, 0.15) is 0 Å². The third-order valence-corrected chi connectivity index (χ3v) is 2.56. The molecule has 0 saturated heterocycles. The molecular formula is C32H72. The fourth-order valence-corrected chi connectivity index (χ4v) is 1.04. The SMILES string of the molecule is C.C.C.C.C.C/C=C/CC.C/C=C/CC.C=C/C=C/CC.C=CC(C)C.CC/C=C/CC. The molecule has 0 bridgehead atoms. The van der Waals surface area contributed by atoms with Gasteiger partial charge in [0.25, 0.3) is 0 Å². The van der Waals surface area contributed by atoms with Crippen molar-refractivity contribution in [1.82, 2.24) is 0 Å². The zero-order chi connectivity index (χ0) is 22.2. The lowest BCUT2D eigenvalue weighted by atomic mass is 10.2. The van der Waals surface area contributed by atoms with Crippen LogP contribution in [0.15, 0.2) is 73.9 Å². The summed E-state index contributed by atoms with van der Waals surface area (Å²) in [5, 5.41) is 0. The number of hydrogen-bond acceptors (Lipinski definition) is 0. The molecule has 0 aromatic heterocycles. The van der Waals surface area contributed by atoms with E-state index in [0.717, 1.165) is 19.3 Å². The first kappa shape index (κ1) is 63.1. The van der Waals surface area contributed by atoms with E-state index in [1.807, 2.05) is 26.0 Å². The minimum absolute atomic E-state index is 0. The van der Waals surface area contributed by atoms with Crippen molar-refractivity contribution >= 4 is 0 Å². The van der Waals surface area contributed by atoms with Gasteiger partial charge in [-0.3, -0.25) is 0 Å². The second-order valence-corrected chi connectivity index (χ2v) is 5.79. The first-order chi connectivity index (χ1) is 12.9. The van der Waals surface area contributed by atoms with E-state index in [0.29, 0.717) is 5.92 Å². The van der Waals surface area contributed by atoms with Gasteiger partial charge in [-0.05, 0) is 51.9 Å². The zero-order valence-electron chi connectivity index (χ0n) is 20.3. The number of hydrogen-bond donors (Lipinski definition) is 0. The van der Waals surface area contributed by atoms with E-state index in [1.165, 1.54) is 12.8 Å². The normalized spacial score (nSPS) is 8.19. The third kappa shape index (κ3) is 196. The largest absolute Gasteiger partial charge is 0.103 e. The van der Waals surface area contributed by atoms with Crippen molar-refractivity contribution in [2.45, 2.75) is 132 Å². The van der Waals surface area contributed by atoms with Crippen molar-refractivity contribution < 1.29 is 0 Å². The molecule has 0 spiro atoms. The van der Waals surface area contributed by atoms with E-state index in [4.69, 9.17) is 0 Å². The maximum atomic E-state index is 3.56. The van der Waals surface area contributed by atoms with E-state index in [9.17, 15) is 0 Å². The molecule has 0 unspecified atom stereocenters. The van der Waals surface area contributed by atoms with Crippen LogP contribution in [0.3, 0.4) is 0 Å². The van der Waals surface area contributed by atoms with Crippen LogP contribution in [0.1, 0.15) is 132 Å². The molecule has 0 aliphatic carbocycles. The Kier molecular flexibility index (Phi) is 174. The molecule has 0 heterocycles. The van der Waals surface area contributed by atoms with Gasteiger partial charge in [0.2, 0.25) is 0 Å². The van der Waals surface area contributed by atoms with Crippen molar-refractivity contribution in [1.29, 1.82) is 0 Å². The molecule has 0 aliphatic heterocycles. The van der Waals surface area contributed by atoms with Crippen LogP contribution >= 0.6 is 0 Å². The van der Waals surface area contributed by atoms with Gasteiger partial charge >= 0.3 is 0 Å². The highest BCUT2D eigenvalue weighted by atomic mass is 13.8. The molecule has 0 aromatic carbocycles. The zero-order valence-corrected chi connectivity index (χ0v) is 20.3. The summed E-state index contributed by atoms with van der Waals surface area (Å²) in [7, 11) is 0. The molecule has 200 valence electrons. The van der Waals surface area contributed by atoms with Crippen molar-refractivity contribution in [2.24, 2.45) is 5.92 Å². The lowest BCUT2D eigenvalue weighted by molar-refractivity contribution is 0.835. The summed E-state index contributed by atoms with van der Waals surface area (Å²) in [5.74, 6) is 0.648. The summed E-state index contributed by atoms with van der Waals surface area (Å²) >= 11 is 0. The molecule has 0 rings (SSSR count). The monoisotopic (exact) mass is 457 g/mol. The van der Waals surface area contributed by atoms with Gasteiger partial charge in [-0.2, -0.15) is 0 Å². The Hall–Kier alpha value is -1.56. The van der Waals surface area contributed by atoms with Gasteiger partial charge in [-0.1, -0.05) is 153 Å². The highest BCUT2D eigenvalue weighted by molar-refractivity contribution is 4.96. The Labute approximate surface area is 211 Å². The van der Waals surface area contributed by atoms with E-state index in [2.05, 4.69) is 104 Å². The van der Waals surface area contributed by atoms with E-state index < -0.39 is 0 Å². The maximum absolute atomic E-state index is 3.56. The van der Waals surface area contributed by atoms with Crippen LogP contribution in [0.25, 0.3) is 0 Å². The predicted molar refractivity (Wildman–Crippen MR) is 168 cm³/mol. The summed E-state index contributed by atoms with van der Waals surface area (Å²) in [6.07, 6.45) is 26.2. The molecular weight excluding hydrogens is 384 g/mol. The average Bonchev–Trinajstić information content (AvgIpc) is 2.68. The lowest BCUT2D eigenvalue weighted by Crippen LogP contribution is -1.71. The minimum Gasteiger partial charge on any atom is -0.103 e. The van der Waals surface area contributed by atoms with Crippen LogP contribution in [0.4, 0.5) is 0 Å². The molecule has 0 radical (unpaired) electrons. The molecule has 0 saturated carbocycles. The second kappa shape index (κ2) is 88.1. The first-order valence-electron chi connectivity index (χ1n) is 10.7. The first-order valence-corrected chi connectivity index (χ1v) is 10.7. The fraction of sp³-hybridized carbons (Fsp3) is 0.625. The Balaban J connectivity index is -0.0000000228. The van der Waals surface area contributed by atoms with E-state index >= 15 is 0 Å². The Morgan fingerprint density at radius 2 is 0.781 bits per heavy atom. The van der Waals surface area contributed by atoms with Crippen LogP contribution in [0.2, 0.25) is 0 Å². The molecule has 0 aliphatic rings. The second-order valence-electron chi connectivity index (χ2n) is 5.79. The summed E-state index contributed by atoms with van der Waals surface area (Å²) < 4.78 is 0. The topological polar surface area (TPSA) is 0 Å². The third-order valence-electron chi connectivity index (χ3n) is 2.56. The highest BCUT2D eigenvalue weighted by Gasteiger charge is 1.73. The highest BCUT2D eigenvalue weighted by Crippen LogP contribution is 1.87. The van der Waals surface area contributed by atoms with Gasteiger partial charge in [0.05, 0.1) is 0 Å². The van der Waals surface area contributed by atoms with Crippen LogP contribution < -0.4 is 0 Å². The van der Waals surface area contributed by atoms with Crippen molar-refractivity contribution in [3.05, 3.63) is 73.9 Å². The fourth-order valence-electron chi connectivity index (χ4n) is 1.04. The average molecular weight is 457 g/mol. The number of allylic oxidation sites excluding steroid dienone is 10. The Morgan fingerprint density at radius 1 is 0.531 bits per heavy atom. The van der Waals surface area contributed by atoms with E-state index in [1.54, 1.807) is 6.08 Å². The molecule has 0 aromatic rings. The van der Waals surface area contributed by atoms with Gasteiger partial charge in [-0.15, -0.1) is 6.58 Å². The molecule has 0 fully saturated rings. The van der Waals surface area contributed by atoms with Crippen molar-refractivity contribution in [2.75, 3.05) is 0 Å². The van der Waals surface area contributed by atoms with Gasteiger partial charge < -0.3 is 0 Å². The molecule has 0 N–H and O–H groups in total. The summed E-state index contributed by atoms with van der Waals surface area (Å²) in [6.45, 7) is 26.0. The predicted octanol–water partition coefficient (Wildman–Crippen LogP) is 13.5. The van der Waals surface area contributed by atoms with Gasteiger partial charge in [0.15, 0.2) is 0 Å². The molecule has 0 nitrogen and oxygen atoms in total. The van der Waals surface area contributed by atoms with E-state index in [-0.39, 0.29) is 37.1 Å². The summed E-state index contributed by atoms with van der Waals surface area (Å²) in [4.78, 5) is 0. The van der Waals surface area contributed by atoms with Crippen LogP contribution in [0.5, 0.6) is 0 Å². The number of rotatable bonds is 7.